The van der Waals surface area contributed by atoms with Gasteiger partial charge in [-0.1, -0.05) is 12.1 Å². The van der Waals surface area contributed by atoms with Gasteiger partial charge in [-0.25, -0.2) is 13.2 Å². The van der Waals surface area contributed by atoms with Gasteiger partial charge in [0.2, 0.25) is 10.0 Å². The lowest BCUT2D eigenvalue weighted by molar-refractivity contribution is 0.0474. The first kappa shape index (κ1) is 18.2. The average molecular weight is 412 g/mol. The van der Waals surface area contributed by atoms with Crippen LogP contribution in [0.4, 0.5) is 5.69 Å². The van der Waals surface area contributed by atoms with Gasteiger partial charge in [-0.15, -0.1) is 0 Å². The molecular formula is C16H14BrNO5S. The fourth-order valence-electron chi connectivity index (χ4n) is 1.86. The van der Waals surface area contributed by atoms with Crippen molar-refractivity contribution < 1.29 is 22.7 Å². The van der Waals surface area contributed by atoms with Crippen molar-refractivity contribution in [2.45, 2.75) is 0 Å². The second-order valence-corrected chi connectivity index (χ2v) is 7.53. The third-order valence-electron chi connectivity index (χ3n) is 2.94. The molecule has 0 aliphatic rings. The molecule has 0 spiro atoms. The predicted octanol–water partition coefficient (Wildman–Crippen LogP) is 2.86. The molecule has 8 heteroatoms. The monoisotopic (exact) mass is 411 g/mol. The Labute approximate surface area is 148 Å². The lowest BCUT2D eigenvalue weighted by atomic mass is 10.1. The van der Waals surface area contributed by atoms with Gasteiger partial charge in [-0.3, -0.25) is 9.52 Å². The first-order valence-corrected chi connectivity index (χ1v) is 9.47. The topological polar surface area (TPSA) is 89.5 Å². The van der Waals surface area contributed by atoms with Gasteiger partial charge in [0.15, 0.2) is 12.4 Å². The standard InChI is InChI=1S/C16H14BrNO5S/c1-24(21,22)18-12-8-6-11(7-9-12)15(19)10-23-16(20)13-4-2-3-5-14(13)17/h2-9,18H,10H2,1H3. The SMILES string of the molecule is CS(=O)(=O)Nc1ccc(C(=O)COC(=O)c2ccccc2Br)cc1. The number of carbonyl (C=O) groups excluding carboxylic acids is 2. The van der Waals surface area contributed by atoms with E-state index in [0.717, 1.165) is 6.26 Å². The Morgan fingerprint density at radius 3 is 2.29 bits per heavy atom. The number of benzene rings is 2. The highest BCUT2D eigenvalue weighted by molar-refractivity contribution is 9.10. The Morgan fingerprint density at radius 1 is 1.08 bits per heavy atom. The minimum atomic E-state index is -3.38. The van der Waals surface area contributed by atoms with E-state index >= 15 is 0 Å². The van der Waals surface area contributed by atoms with E-state index in [4.69, 9.17) is 4.74 Å². The highest BCUT2D eigenvalue weighted by Crippen LogP contribution is 2.17. The number of rotatable bonds is 6. The zero-order valence-electron chi connectivity index (χ0n) is 12.7. The van der Waals surface area contributed by atoms with Crippen LogP contribution < -0.4 is 4.72 Å². The van der Waals surface area contributed by atoms with Crippen LogP contribution >= 0.6 is 15.9 Å². The molecule has 24 heavy (non-hydrogen) atoms. The Balaban J connectivity index is 1.98. The molecule has 0 heterocycles. The molecule has 0 aliphatic heterocycles. The van der Waals surface area contributed by atoms with Crippen molar-refractivity contribution in [1.29, 1.82) is 0 Å². The lowest BCUT2D eigenvalue weighted by Crippen LogP contribution is -2.15. The van der Waals surface area contributed by atoms with Crippen LogP contribution in [0, 0.1) is 0 Å². The summed E-state index contributed by atoms with van der Waals surface area (Å²) in [5.41, 5.74) is 0.992. The van der Waals surface area contributed by atoms with Crippen LogP contribution in [-0.2, 0) is 14.8 Å². The molecule has 0 bridgehead atoms. The summed E-state index contributed by atoms with van der Waals surface area (Å²) in [6.07, 6.45) is 1.03. The second-order valence-electron chi connectivity index (χ2n) is 4.93. The molecule has 0 saturated heterocycles. The van der Waals surface area contributed by atoms with Crippen LogP contribution in [0.5, 0.6) is 0 Å². The van der Waals surface area contributed by atoms with Crippen molar-refractivity contribution in [2.24, 2.45) is 0 Å². The molecule has 1 N–H and O–H groups in total. The molecular weight excluding hydrogens is 398 g/mol. The van der Waals surface area contributed by atoms with Crippen molar-refractivity contribution in [1.82, 2.24) is 0 Å². The average Bonchev–Trinajstić information content (AvgIpc) is 2.52. The molecule has 0 aliphatic carbocycles. The summed E-state index contributed by atoms with van der Waals surface area (Å²) in [5.74, 6) is -0.993. The van der Waals surface area contributed by atoms with Crippen molar-refractivity contribution in [3.05, 3.63) is 64.1 Å². The number of anilines is 1. The van der Waals surface area contributed by atoms with E-state index in [-0.39, 0.29) is 5.78 Å². The molecule has 0 aromatic heterocycles. The largest absolute Gasteiger partial charge is 0.454 e. The number of ether oxygens (including phenoxy) is 1. The molecule has 0 unspecified atom stereocenters. The lowest BCUT2D eigenvalue weighted by Gasteiger charge is -2.07. The summed E-state index contributed by atoms with van der Waals surface area (Å²) in [5, 5.41) is 0. The van der Waals surface area contributed by atoms with Crippen LogP contribution in [0.25, 0.3) is 0 Å². The maximum Gasteiger partial charge on any atom is 0.339 e. The second kappa shape index (κ2) is 7.59. The van der Waals surface area contributed by atoms with Gasteiger partial charge in [0.1, 0.15) is 0 Å². The minimum absolute atomic E-state index is 0.314. The summed E-state index contributed by atoms with van der Waals surface area (Å²) < 4.78 is 30.1. The quantitative estimate of drug-likeness (QED) is 0.582. The van der Waals surface area contributed by atoms with Crippen molar-refractivity contribution in [2.75, 3.05) is 17.6 Å². The Hall–Kier alpha value is -2.19. The molecule has 2 aromatic rings. The van der Waals surface area contributed by atoms with Crippen molar-refractivity contribution in [3.63, 3.8) is 0 Å². The number of halogens is 1. The van der Waals surface area contributed by atoms with E-state index in [1.807, 2.05) is 0 Å². The minimum Gasteiger partial charge on any atom is -0.454 e. The summed E-state index contributed by atoms with van der Waals surface area (Å²) in [7, 11) is -3.38. The van der Waals surface area contributed by atoms with Gasteiger partial charge >= 0.3 is 5.97 Å². The normalized spacial score (nSPS) is 10.9. The Kier molecular flexibility index (Phi) is 5.74. The van der Waals surface area contributed by atoms with Crippen LogP contribution in [0.1, 0.15) is 20.7 Å². The molecule has 126 valence electrons. The zero-order valence-corrected chi connectivity index (χ0v) is 15.1. The highest BCUT2D eigenvalue weighted by Gasteiger charge is 2.14. The molecule has 0 fully saturated rings. The van der Waals surface area contributed by atoms with Crippen molar-refractivity contribution in [3.8, 4) is 0 Å². The zero-order chi connectivity index (χ0) is 17.7. The third kappa shape index (κ3) is 5.17. The number of ketones is 1. The van der Waals surface area contributed by atoms with E-state index in [1.165, 1.54) is 24.3 Å². The number of nitrogens with one attached hydrogen (secondary N) is 1. The van der Waals surface area contributed by atoms with Crippen molar-refractivity contribution >= 4 is 43.4 Å². The van der Waals surface area contributed by atoms with Crippen LogP contribution in [0.3, 0.4) is 0 Å². The van der Waals surface area contributed by atoms with Gasteiger partial charge in [-0.05, 0) is 52.3 Å². The van der Waals surface area contributed by atoms with E-state index in [9.17, 15) is 18.0 Å². The van der Waals surface area contributed by atoms with Crippen LogP contribution in [0.15, 0.2) is 53.0 Å². The first-order valence-electron chi connectivity index (χ1n) is 6.79. The molecule has 2 aromatic carbocycles. The Bertz CT molecular complexity index is 862. The van der Waals surface area contributed by atoms with Crippen LogP contribution in [-0.4, -0.2) is 33.0 Å². The number of hydrogen-bond acceptors (Lipinski definition) is 5. The summed E-state index contributed by atoms with van der Waals surface area (Å²) in [6.45, 7) is -0.404. The molecule has 0 amide bonds. The number of esters is 1. The summed E-state index contributed by atoms with van der Waals surface area (Å²) in [6, 6.07) is 12.6. The first-order chi connectivity index (χ1) is 11.3. The molecule has 6 nitrogen and oxygen atoms in total. The fraction of sp³-hybridized carbons (Fsp3) is 0.125. The summed E-state index contributed by atoms with van der Waals surface area (Å²) >= 11 is 3.24. The van der Waals surface area contributed by atoms with E-state index in [0.29, 0.717) is 21.3 Å². The third-order valence-corrected chi connectivity index (χ3v) is 4.24. The van der Waals surface area contributed by atoms with Gasteiger partial charge in [0, 0.05) is 15.7 Å². The van der Waals surface area contributed by atoms with E-state index in [1.54, 1.807) is 24.3 Å². The summed E-state index contributed by atoms with van der Waals surface area (Å²) in [4.78, 5) is 24.0. The number of hydrogen-bond donors (Lipinski definition) is 1. The predicted molar refractivity (Wildman–Crippen MR) is 93.7 cm³/mol. The van der Waals surface area contributed by atoms with E-state index < -0.39 is 22.6 Å². The fourth-order valence-corrected chi connectivity index (χ4v) is 2.87. The number of Topliss-reactive ketones (excluding diaryl/α,β-unsaturated/α-hetero) is 1. The van der Waals surface area contributed by atoms with Gasteiger partial charge in [0.05, 0.1) is 11.8 Å². The maximum atomic E-state index is 12.0. The van der Waals surface area contributed by atoms with Gasteiger partial charge in [-0.2, -0.15) is 0 Å². The molecule has 0 saturated carbocycles. The molecule has 0 radical (unpaired) electrons. The van der Waals surface area contributed by atoms with E-state index in [2.05, 4.69) is 20.7 Å². The number of carbonyl (C=O) groups is 2. The number of sulfonamides is 1. The Morgan fingerprint density at radius 2 is 1.71 bits per heavy atom. The highest BCUT2D eigenvalue weighted by atomic mass is 79.9. The van der Waals surface area contributed by atoms with Gasteiger partial charge in [0.25, 0.3) is 0 Å². The smallest absolute Gasteiger partial charge is 0.339 e. The maximum absolute atomic E-state index is 12.0. The van der Waals surface area contributed by atoms with Gasteiger partial charge < -0.3 is 4.74 Å². The molecule has 0 atom stereocenters. The van der Waals surface area contributed by atoms with Crippen LogP contribution in [0.2, 0.25) is 0 Å². The molecule has 2 rings (SSSR count).